The van der Waals surface area contributed by atoms with Gasteiger partial charge in [0.15, 0.2) is 0 Å². The fraction of sp³-hybridized carbons (Fsp3) is 0.400. The van der Waals surface area contributed by atoms with Gasteiger partial charge >= 0.3 is 7.32 Å². The van der Waals surface area contributed by atoms with Crippen molar-refractivity contribution in [1.82, 2.24) is 9.78 Å². The standard InChI is InChI=1S/C5H8BFN2O3/c7-1-2-9-4-5(3-8-9)12-6(10)11/h3-4,10-11H,1-2H2. The van der Waals surface area contributed by atoms with Gasteiger partial charge in [0, 0.05) is 0 Å². The minimum Gasteiger partial charge on any atom is -0.509 e. The Bertz CT molecular complexity index is 242. The minimum absolute atomic E-state index is 0.130. The molecule has 7 heteroatoms. The van der Waals surface area contributed by atoms with Crippen LogP contribution < -0.4 is 4.65 Å². The van der Waals surface area contributed by atoms with E-state index < -0.39 is 14.0 Å². The number of hydrogen-bond acceptors (Lipinski definition) is 4. The van der Waals surface area contributed by atoms with Gasteiger partial charge in [-0.15, -0.1) is 0 Å². The van der Waals surface area contributed by atoms with Crippen molar-refractivity contribution >= 4 is 7.32 Å². The van der Waals surface area contributed by atoms with Crippen molar-refractivity contribution < 1.29 is 19.1 Å². The second-order valence-electron chi connectivity index (χ2n) is 2.07. The Morgan fingerprint density at radius 1 is 1.67 bits per heavy atom. The molecule has 5 nitrogen and oxygen atoms in total. The monoisotopic (exact) mass is 174 g/mol. The molecular formula is C5H8BFN2O3. The Morgan fingerprint density at radius 2 is 2.42 bits per heavy atom. The summed E-state index contributed by atoms with van der Waals surface area (Å²) < 4.78 is 17.5. The van der Waals surface area contributed by atoms with Gasteiger partial charge in [-0.3, -0.25) is 4.68 Å². The van der Waals surface area contributed by atoms with E-state index in [4.69, 9.17) is 10.0 Å². The van der Waals surface area contributed by atoms with E-state index in [1.807, 2.05) is 0 Å². The van der Waals surface area contributed by atoms with Crippen LogP contribution in [0.2, 0.25) is 0 Å². The molecule has 0 atom stereocenters. The highest BCUT2D eigenvalue weighted by Crippen LogP contribution is 2.07. The van der Waals surface area contributed by atoms with E-state index in [-0.39, 0.29) is 12.3 Å². The second-order valence-corrected chi connectivity index (χ2v) is 2.07. The third-order valence-electron chi connectivity index (χ3n) is 1.16. The van der Waals surface area contributed by atoms with Crippen LogP contribution in [0.25, 0.3) is 0 Å². The molecule has 2 N–H and O–H groups in total. The number of halogens is 1. The summed E-state index contributed by atoms with van der Waals surface area (Å²) in [5.74, 6) is 0.193. The van der Waals surface area contributed by atoms with Gasteiger partial charge in [0.05, 0.1) is 18.9 Å². The molecule has 0 saturated carbocycles. The maximum Gasteiger partial charge on any atom is 0.707 e. The minimum atomic E-state index is -1.87. The number of rotatable bonds is 4. The molecule has 1 aromatic rings. The van der Waals surface area contributed by atoms with Crippen LogP contribution in [-0.2, 0) is 6.54 Å². The van der Waals surface area contributed by atoms with Gasteiger partial charge in [-0.05, 0) is 0 Å². The zero-order valence-corrected chi connectivity index (χ0v) is 6.22. The van der Waals surface area contributed by atoms with Gasteiger partial charge in [-0.25, -0.2) is 4.39 Å². The topological polar surface area (TPSA) is 67.5 Å². The Balaban J connectivity index is 2.52. The summed E-state index contributed by atoms with van der Waals surface area (Å²) in [5, 5.41) is 20.4. The van der Waals surface area contributed by atoms with E-state index in [0.717, 1.165) is 0 Å². The smallest absolute Gasteiger partial charge is 0.509 e. The van der Waals surface area contributed by atoms with Crippen molar-refractivity contribution in [2.45, 2.75) is 6.54 Å². The van der Waals surface area contributed by atoms with E-state index in [0.29, 0.717) is 0 Å². The van der Waals surface area contributed by atoms with Gasteiger partial charge < -0.3 is 14.7 Å². The van der Waals surface area contributed by atoms with Gasteiger partial charge in [-0.2, -0.15) is 5.10 Å². The molecule has 66 valence electrons. The molecule has 12 heavy (non-hydrogen) atoms. The van der Waals surface area contributed by atoms with E-state index in [1.54, 1.807) is 0 Å². The van der Waals surface area contributed by atoms with Crippen LogP contribution in [0.3, 0.4) is 0 Å². The second kappa shape index (κ2) is 4.08. The number of alkyl halides is 1. The average Bonchev–Trinajstić information content (AvgIpc) is 2.36. The molecule has 1 heterocycles. The van der Waals surface area contributed by atoms with Crippen molar-refractivity contribution in [3.8, 4) is 5.75 Å². The first-order valence-corrected chi connectivity index (χ1v) is 3.33. The Kier molecular flexibility index (Phi) is 3.06. The van der Waals surface area contributed by atoms with Crippen molar-refractivity contribution in [2.75, 3.05) is 6.67 Å². The SMILES string of the molecule is OB(O)Oc1cnn(CCF)c1. The largest absolute Gasteiger partial charge is 0.707 e. The summed E-state index contributed by atoms with van der Waals surface area (Å²) >= 11 is 0. The zero-order chi connectivity index (χ0) is 8.97. The highest BCUT2D eigenvalue weighted by molar-refractivity contribution is 6.33. The van der Waals surface area contributed by atoms with Gasteiger partial charge in [-0.1, -0.05) is 0 Å². The average molecular weight is 174 g/mol. The van der Waals surface area contributed by atoms with Crippen molar-refractivity contribution in [3.05, 3.63) is 12.4 Å². The molecule has 1 aromatic heterocycles. The lowest BCUT2D eigenvalue weighted by Gasteiger charge is -1.98. The quantitative estimate of drug-likeness (QED) is 0.586. The molecule has 0 aliphatic heterocycles. The lowest BCUT2D eigenvalue weighted by atomic mass is 10.3. The molecule has 0 aliphatic rings. The first-order chi connectivity index (χ1) is 5.72. The maximum absolute atomic E-state index is 11.8. The summed E-state index contributed by atoms with van der Waals surface area (Å²) in [6.45, 7) is -0.395. The normalized spacial score (nSPS) is 9.92. The van der Waals surface area contributed by atoms with Gasteiger partial charge in [0.2, 0.25) is 0 Å². The lowest BCUT2D eigenvalue weighted by molar-refractivity contribution is 0.288. The fourth-order valence-electron chi connectivity index (χ4n) is 0.736. The molecule has 0 amide bonds. The molecule has 0 radical (unpaired) electrons. The van der Waals surface area contributed by atoms with Crippen LogP contribution in [0.4, 0.5) is 4.39 Å². The fourth-order valence-corrected chi connectivity index (χ4v) is 0.736. The van der Waals surface area contributed by atoms with Gasteiger partial charge in [0.25, 0.3) is 0 Å². The lowest BCUT2D eigenvalue weighted by Crippen LogP contribution is -2.20. The number of hydrogen-bond donors (Lipinski definition) is 2. The predicted octanol–water partition coefficient (Wildman–Crippen LogP) is -0.799. The molecular weight excluding hydrogens is 166 g/mol. The van der Waals surface area contributed by atoms with Crippen LogP contribution >= 0.6 is 0 Å². The van der Waals surface area contributed by atoms with Crippen LogP contribution in [0.5, 0.6) is 5.75 Å². The van der Waals surface area contributed by atoms with E-state index in [9.17, 15) is 4.39 Å². The highest BCUT2D eigenvalue weighted by atomic mass is 19.1. The molecule has 0 spiro atoms. The third-order valence-corrected chi connectivity index (χ3v) is 1.16. The summed E-state index contributed by atoms with van der Waals surface area (Å²) in [4.78, 5) is 0. The van der Waals surface area contributed by atoms with E-state index in [1.165, 1.54) is 17.1 Å². The van der Waals surface area contributed by atoms with E-state index >= 15 is 0 Å². The first-order valence-electron chi connectivity index (χ1n) is 3.33. The molecule has 1 rings (SSSR count). The highest BCUT2D eigenvalue weighted by Gasteiger charge is 2.12. The Morgan fingerprint density at radius 3 is 3.00 bits per heavy atom. The Hall–Kier alpha value is -1.08. The van der Waals surface area contributed by atoms with Gasteiger partial charge in [0.1, 0.15) is 12.4 Å². The summed E-state index contributed by atoms with van der Waals surface area (Å²) in [6.07, 6.45) is 2.65. The zero-order valence-electron chi connectivity index (χ0n) is 6.22. The molecule has 0 fully saturated rings. The first kappa shape index (κ1) is 9.02. The molecule has 0 unspecified atom stereocenters. The van der Waals surface area contributed by atoms with Crippen LogP contribution in [0, 0.1) is 0 Å². The maximum atomic E-state index is 11.8. The van der Waals surface area contributed by atoms with E-state index in [2.05, 4.69) is 9.75 Å². The molecule has 0 aliphatic carbocycles. The van der Waals surface area contributed by atoms with Crippen LogP contribution in [0.1, 0.15) is 0 Å². The third kappa shape index (κ3) is 2.52. The molecule has 0 saturated heterocycles. The van der Waals surface area contributed by atoms with Crippen molar-refractivity contribution in [1.29, 1.82) is 0 Å². The summed E-state index contributed by atoms with van der Waals surface area (Å²) in [6, 6.07) is 0. The summed E-state index contributed by atoms with van der Waals surface area (Å²) in [5.41, 5.74) is 0. The number of aryl methyl sites for hydroxylation is 1. The molecule has 0 bridgehead atoms. The Labute approximate surface area is 68.6 Å². The van der Waals surface area contributed by atoms with Crippen molar-refractivity contribution in [2.24, 2.45) is 0 Å². The predicted molar refractivity (Wildman–Crippen MR) is 39.0 cm³/mol. The van der Waals surface area contributed by atoms with Crippen LogP contribution in [-0.4, -0.2) is 33.8 Å². The molecule has 0 aromatic carbocycles. The summed E-state index contributed by atoms with van der Waals surface area (Å²) in [7, 11) is -1.87. The number of nitrogens with zero attached hydrogens (tertiary/aromatic N) is 2. The number of aromatic nitrogens is 2. The van der Waals surface area contributed by atoms with Crippen molar-refractivity contribution in [3.63, 3.8) is 0 Å². The van der Waals surface area contributed by atoms with Crippen LogP contribution in [0.15, 0.2) is 12.4 Å².